The van der Waals surface area contributed by atoms with Gasteiger partial charge in [-0.3, -0.25) is 0 Å². The van der Waals surface area contributed by atoms with E-state index < -0.39 is 0 Å². The SMILES string of the molecule is CC(C)(c1cc(Br)c(OCCCBr)c(Br)c1)c1cc(Br)c(OCCCBr)c(Br)c1. The van der Waals surface area contributed by atoms with Gasteiger partial charge in [0.05, 0.1) is 31.1 Å². The first-order valence-corrected chi connectivity index (χ1v) is 14.5. The molecule has 0 spiro atoms. The van der Waals surface area contributed by atoms with E-state index in [4.69, 9.17) is 9.47 Å². The van der Waals surface area contributed by atoms with Gasteiger partial charge < -0.3 is 9.47 Å². The molecule has 0 amide bonds. The van der Waals surface area contributed by atoms with Crippen LogP contribution in [0.2, 0.25) is 0 Å². The highest BCUT2D eigenvalue weighted by Crippen LogP contribution is 2.44. The van der Waals surface area contributed by atoms with Crippen LogP contribution in [0, 0.1) is 0 Å². The van der Waals surface area contributed by atoms with Gasteiger partial charge in [0, 0.05) is 16.1 Å². The van der Waals surface area contributed by atoms with Crippen molar-refractivity contribution >= 4 is 95.6 Å². The van der Waals surface area contributed by atoms with Crippen LogP contribution in [0.5, 0.6) is 11.5 Å². The first-order chi connectivity index (χ1) is 13.7. The summed E-state index contributed by atoms with van der Waals surface area (Å²) in [4.78, 5) is 0. The minimum absolute atomic E-state index is 0.223. The van der Waals surface area contributed by atoms with Crippen molar-refractivity contribution in [1.82, 2.24) is 0 Å². The van der Waals surface area contributed by atoms with Crippen molar-refractivity contribution in [3.63, 3.8) is 0 Å². The molecule has 2 rings (SSSR count). The zero-order valence-corrected chi connectivity index (χ0v) is 25.7. The van der Waals surface area contributed by atoms with E-state index in [0.717, 1.165) is 52.9 Å². The number of rotatable bonds is 10. The summed E-state index contributed by atoms with van der Waals surface area (Å²) >= 11 is 21.6. The highest BCUT2D eigenvalue weighted by atomic mass is 79.9. The lowest BCUT2D eigenvalue weighted by molar-refractivity contribution is 0.314. The maximum atomic E-state index is 5.92. The number of hydrogen-bond donors (Lipinski definition) is 0. The van der Waals surface area contributed by atoms with Gasteiger partial charge in [0.15, 0.2) is 0 Å². The topological polar surface area (TPSA) is 18.5 Å². The van der Waals surface area contributed by atoms with Crippen molar-refractivity contribution in [2.45, 2.75) is 32.1 Å². The lowest BCUT2D eigenvalue weighted by atomic mass is 9.78. The average molecular weight is 786 g/mol. The van der Waals surface area contributed by atoms with Gasteiger partial charge in [-0.15, -0.1) is 0 Å². The summed E-state index contributed by atoms with van der Waals surface area (Å²) in [5.41, 5.74) is 2.13. The van der Waals surface area contributed by atoms with Crippen LogP contribution >= 0.6 is 95.6 Å². The Morgan fingerprint density at radius 3 is 1.24 bits per heavy atom. The van der Waals surface area contributed by atoms with Crippen molar-refractivity contribution < 1.29 is 9.47 Å². The molecule has 0 bridgehead atoms. The molecule has 0 heterocycles. The molecule has 0 fully saturated rings. The molecule has 8 heteroatoms. The Hall–Kier alpha value is 0.920. The van der Waals surface area contributed by atoms with Gasteiger partial charge in [-0.05, 0) is 112 Å². The van der Waals surface area contributed by atoms with Gasteiger partial charge in [-0.2, -0.15) is 0 Å². The fourth-order valence-electron chi connectivity index (χ4n) is 2.74. The van der Waals surface area contributed by atoms with Crippen LogP contribution in [0.1, 0.15) is 37.8 Å². The Kier molecular flexibility index (Phi) is 11.0. The summed E-state index contributed by atoms with van der Waals surface area (Å²) in [5.74, 6) is 1.67. The second-order valence-corrected chi connectivity index (χ2v) is 11.9. The molecular weight excluding hydrogens is 764 g/mol. The molecule has 0 saturated carbocycles. The van der Waals surface area contributed by atoms with Crippen molar-refractivity contribution in [3.8, 4) is 11.5 Å². The summed E-state index contributed by atoms with van der Waals surface area (Å²) in [5, 5.41) is 1.85. The van der Waals surface area contributed by atoms with Crippen LogP contribution in [0.4, 0.5) is 0 Å². The van der Waals surface area contributed by atoms with Crippen LogP contribution < -0.4 is 9.47 Å². The lowest BCUT2D eigenvalue weighted by Crippen LogP contribution is -2.19. The standard InChI is InChI=1S/C21H22Br6O2/c1-21(2,13-9-15(24)19(16(25)10-13)28-7-3-5-22)14-11-17(26)20(18(27)12-14)29-8-4-6-23/h9-12H,3-8H2,1-2H3. The number of alkyl halides is 2. The number of ether oxygens (including phenoxy) is 2. The van der Waals surface area contributed by atoms with Crippen molar-refractivity contribution in [3.05, 3.63) is 53.3 Å². The molecule has 0 N–H and O–H groups in total. The summed E-state index contributed by atoms with van der Waals surface area (Å²) < 4.78 is 15.6. The second kappa shape index (κ2) is 12.2. The molecule has 2 aromatic rings. The van der Waals surface area contributed by atoms with Crippen molar-refractivity contribution in [1.29, 1.82) is 0 Å². The summed E-state index contributed by atoms with van der Waals surface area (Å²) in [6, 6.07) is 8.54. The van der Waals surface area contributed by atoms with Crippen LogP contribution in [-0.2, 0) is 5.41 Å². The van der Waals surface area contributed by atoms with Gasteiger partial charge in [-0.1, -0.05) is 45.7 Å². The third kappa shape index (κ3) is 6.95. The van der Waals surface area contributed by atoms with Crippen LogP contribution in [0.25, 0.3) is 0 Å². The molecule has 0 atom stereocenters. The Balaban J connectivity index is 2.34. The zero-order chi connectivity index (χ0) is 21.6. The van der Waals surface area contributed by atoms with Gasteiger partial charge in [0.2, 0.25) is 0 Å². The minimum atomic E-state index is -0.223. The van der Waals surface area contributed by atoms with Gasteiger partial charge in [0.1, 0.15) is 11.5 Å². The Bertz CT molecular complexity index is 724. The molecule has 0 aliphatic heterocycles. The summed E-state index contributed by atoms with van der Waals surface area (Å²) in [6.07, 6.45) is 1.91. The summed E-state index contributed by atoms with van der Waals surface area (Å²) in [7, 11) is 0. The summed E-state index contributed by atoms with van der Waals surface area (Å²) in [6.45, 7) is 5.77. The van der Waals surface area contributed by atoms with E-state index in [-0.39, 0.29) is 5.41 Å². The van der Waals surface area contributed by atoms with Crippen molar-refractivity contribution in [2.24, 2.45) is 0 Å². The molecule has 0 saturated heterocycles. The zero-order valence-electron chi connectivity index (χ0n) is 16.1. The molecule has 2 nitrogen and oxygen atoms in total. The molecule has 29 heavy (non-hydrogen) atoms. The maximum absolute atomic E-state index is 5.92. The number of hydrogen-bond acceptors (Lipinski definition) is 2. The Morgan fingerprint density at radius 1 is 0.655 bits per heavy atom. The number of halogens is 6. The third-order valence-electron chi connectivity index (χ3n) is 4.49. The molecule has 0 aromatic heterocycles. The predicted octanol–water partition coefficient (Wildman–Crippen LogP) is 9.39. The minimum Gasteiger partial charge on any atom is -0.491 e. The Morgan fingerprint density at radius 2 is 0.966 bits per heavy atom. The lowest BCUT2D eigenvalue weighted by Gasteiger charge is -2.28. The predicted molar refractivity (Wildman–Crippen MR) is 144 cm³/mol. The van der Waals surface area contributed by atoms with E-state index in [0.29, 0.717) is 13.2 Å². The largest absolute Gasteiger partial charge is 0.491 e. The van der Waals surface area contributed by atoms with Gasteiger partial charge >= 0.3 is 0 Å². The molecule has 160 valence electrons. The molecule has 0 unspecified atom stereocenters. The van der Waals surface area contributed by atoms with E-state index in [1.807, 2.05) is 0 Å². The average Bonchev–Trinajstić information content (AvgIpc) is 2.65. The number of benzene rings is 2. The molecule has 2 aromatic carbocycles. The Labute approximate surface area is 223 Å². The van der Waals surface area contributed by atoms with E-state index in [9.17, 15) is 0 Å². The third-order valence-corrected chi connectivity index (χ3v) is 7.97. The van der Waals surface area contributed by atoms with Crippen molar-refractivity contribution in [2.75, 3.05) is 23.9 Å². The first kappa shape index (κ1) is 26.2. The highest BCUT2D eigenvalue weighted by molar-refractivity contribution is 9.11. The molecule has 0 radical (unpaired) electrons. The van der Waals surface area contributed by atoms with Crippen LogP contribution in [0.15, 0.2) is 42.2 Å². The molecular formula is C21H22Br6O2. The smallest absolute Gasteiger partial charge is 0.147 e. The fourth-order valence-corrected chi connectivity index (χ4v) is 6.03. The van der Waals surface area contributed by atoms with E-state index in [1.165, 1.54) is 11.1 Å². The molecule has 0 aliphatic carbocycles. The monoisotopic (exact) mass is 780 g/mol. The van der Waals surface area contributed by atoms with Crippen LogP contribution in [0.3, 0.4) is 0 Å². The quantitative estimate of drug-likeness (QED) is 0.177. The maximum Gasteiger partial charge on any atom is 0.147 e. The fraction of sp³-hybridized carbons (Fsp3) is 0.429. The van der Waals surface area contributed by atoms with E-state index >= 15 is 0 Å². The van der Waals surface area contributed by atoms with Gasteiger partial charge in [0.25, 0.3) is 0 Å². The normalized spacial score (nSPS) is 11.6. The highest BCUT2D eigenvalue weighted by Gasteiger charge is 2.27. The first-order valence-electron chi connectivity index (χ1n) is 9.09. The molecule has 0 aliphatic rings. The van der Waals surface area contributed by atoms with Gasteiger partial charge in [-0.25, -0.2) is 0 Å². The van der Waals surface area contributed by atoms with E-state index in [1.54, 1.807) is 0 Å². The second-order valence-electron chi connectivity index (χ2n) is 6.95. The van der Waals surface area contributed by atoms with Crippen LogP contribution in [-0.4, -0.2) is 23.9 Å². The van der Waals surface area contributed by atoms with E-state index in [2.05, 4.69) is 134 Å².